The van der Waals surface area contributed by atoms with Gasteiger partial charge in [0.25, 0.3) is 0 Å². The van der Waals surface area contributed by atoms with Crippen LogP contribution in [0, 0.1) is 5.92 Å². The molecular formula is C61H95N21O19. The predicted molar refractivity (Wildman–Crippen MR) is 360 cm³/mol. The first-order valence-corrected chi connectivity index (χ1v) is 31.8. The second kappa shape index (κ2) is 44.5. The summed E-state index contributed by atoms with van der Waals surface area (Å²) in [6.07, 6.45) is -1.28. The zero-order valence-electron chi connectivity index (χ0n) is 56.6. The van der Waals surface area contributed by atoms with Gasteiger partial charge in [0, 0.05) is 32.4 Å². The van der Waals surface area contributed by atoms with Crippen LogP contribution in [0.15, 0.2) is 58.5 Å². The molecule has 2 rings (SSSR count). The number of hydrogen-bond acceptors (Lipinski definition) is 21. The van der Waals surface area contributed by atoms with Crippen LogP contribution in [0.3, 0.4) is 0 Å². The molecule has 0 radical (unpaired) electrons. The number of carbonyl (C=O) groups is 15. The van der Waals surface area contributed by atoms with Gasteiger partial charge in [-0.05, 0) is 101 Å². The number of carbonyl (C=O) groups excluding carboxylic acids is 14. The maximum Gasteiger partial charge on any atom is 0.303 e. The Morgan fingerprint density at radius 1 is 0.406 bits per heavy atom. The summed E-state index contributed by atoms with van der Waals surface area (Å²) in [7, 11) is 0. The maximum absolute atomic E-state index is 13.8. The third-order valence-corrected chi connectivity index (χ3v) is 14.4. The Bertz CT molecular complexity index is 3260. The lowest BCUT2D eigenvalue weighted by molar-refractivity contribution is -0.138. The lowest BCUT2D eigenvalue weighted by atomic mass is 10.0. The van der Waals surface area contributed by atoms with Crippen molar-refractivity contribution in [1.82, 2.24) is 69.1 Å². The Balaban J connectivity index is 2.00. The number of aromatic hydroxyl groups is 2. The van der Waals surface area contributed by atoms with Gasteiger partial charge in [0.15, 0.2) is 11.9 Å². The molecule has 0 aliphatic rings. The molecule has 40 nitrogen and oxygen atoms in total. The van der Waals surface area contributed by atoms with Crippen molar-refractivity contribution in [3.8, 4) is 11.5 Å². The van der Waals surface area contributed by atoms with E-state index in [0.29, 0.717) is 17.5 Å². The maximum atomic E-state index is 13.8. The molecule has 40 heteroatoms. The molecule has 14 amide bonds. The van der Waals surface area contributed by atoms with E-state index in [1.54, 1.807) is 0 Å². The molecule has 2 aromatic carbocycles. The van der Waals surface area contributed by atoms with E-state index in [2.05, 4.69) is 79.1 Å². The summed E-state index contributed by atoms with van der Waals surface area (Å²) >= 11 is 0. The fraction of sp³-hybridized carbons (Fsp3) is 0.525. The first kappa shape index (κ1) is 85.6. The van der Waals surface area contributed by atoms with Crippen molar-refractivity contribution in [1.29, 1.82) is 0 Å². The first-order chi connectivity index (χ1) is 47.5. The molecule has 0 heterocycles. The van der Waals surface area contributed by atoms with Crippen molar-refractivity contribution in [3.05, 3.63) is 59.7 Å². The van der Waals surface area contributed by atoms with Crippen LogP contribution in [0.4, 0.5) is 0 Å². The van der Waals surface area contributed by atoms with Gasteiger partial charge in [0.05, 0.1) is 38.8 Å². The number of nitrogens with one attached hydrogen (secondary N) is 13. The average Bonchev–Trinajstić information content (AvgIpc) is 0.869. The predicted octanol–water partition coefficient (Wildman–Crippen LogP) is -9.41. The summed E-state index contributed by atoms with van der Waals surface area (Å²) in [4.78, 5) is 203. The fourth-order valence-corrected chi connectivity index (χ4v) is 8.91. The topological polar surface area (TPSA) is 674 Å². The van der Waals surface area contributed by atoms with Crippen molar-refractivity contribution in [3.63, 3.8) is 0 Å². The molecule has 0 aliphatic carbocycles. The molecule has 0 saturated heterocycles. The van der Waals surface area contributed by atoms with Crippen LogP contribution < -0.4 is 104 Å². The van der Waals surface area contributed by atoms with E-state index < -0.39 is 195 Å². The number of aliphatic imine (C=N–C) groups is 2. The first-order valence-electron chi connectivity index (χ1n) is 31.8. The van der Waals surface area contributed by atoms with E-state index in [4.69, 9.17) is 34.4 Å². The van der Waals surface area contributed by atoms with E-state index in [1.165, 1.54) is 69.3 Å². The van der Waals surface area contributed by atoms with Gasteiger partial charge in [-0.1, -0.05) is 38.1 Å². The number of hydrogen-bond donors (Lipinski definition) is 23. The van der Waals surface area contributed by atoms with Gasteiger partial charge in [-0.3, -0.25) is 81.9 Å². The van der Waals surface area contributed by atoms with E-state index in [9.17, 15) is 92.3 Å². The van der Waals surface area contributed by atoms with Crippen molar-refractivity contribution in [2.75, 3.05) is 45.9 Å². The molecule has 0 unspecified atom stereocenters. The third kappa shape index (κ3) is 35.1. The van der Waals surface area contributed by atoms with Crippen molar-refractivity contribution in [2.24, 2.45) is 50.3 Å². The zero-order valence-corrected chi connectivity index (χ0v) is 56.6. The molecule has 0 bridgehead atoms. The number of rotatable bonds is 45. The van der Waals surface area contributed by atoms with Crippen LogP contribution in [0.2, 0.25) is 0 Å². The van der Waals surface area contributed by atoms with Gasteiger partial charge in [-0.2, -0.15) is 0 Å². The molecule has 0 fully saturated rings. The number of carboxylic acid groups (broad SMARTS) is 1. The smallest absolute Gasteiger partial charge is 0.303 e. The van der Waals surface area contributed by atoms with E-state index in [1.807, 2.05) is 13.8 Å². The van der Waals surface area contributed by atoms with Crippen LogP contribution in [-0.4, -0.2) is 227 Å². The molecule has 2 aromatic rings. The summed E-state index contributed by atoms with van der Waals surface area (Å²) in [5.74, 6) is -15.0. The van der Waals surface area contributed by atoms with Gasteiger partial charge >= 0.3 is 5.97 Å². The Hall–Kier alpha value is -11.5. The lowest BCUT2D eigenvalue weighted by Gasteiger charge is -2.26. The minimum absolute atomic E-state index is 0.0353. The number of phenolic OH excluding ortho intramolecular Hbond substituents is 2. The number of aliphatic hydroxyl groups excluding tert-OH is 1. The number of aliphatic hydroxyl groups is 1. The normalized spacial score (nSPS) is 13.7. The summed E-state index contributed by atoms with van der Waals surface area (Å²) in [5.41, 5.74) is 34.0. The van der Waals surface area contributed by atoms with Crippen LogP contribution in [0.1, 0.15) is 90.7 Å². The highest BCUT2D eigenvalue weighted by molar-refractivity contribution is 5.99. The summed E-state index contributed by atoms with van der Waals surface area (Å²) < 4.78 is 0. The summed E-state index contributed by atoms with van der Waals surface area (Å²) in [6, 6.07) is -2.76. The minimum atomic E-state index is -1.68. The number of carboxylic acids is 1. The Morgan fingerprint density at radius 2 is 0.743 bits per heavy atom. The Kier molecular flexibility index (Phi) is 37.7. The summed E-state index contributed by atoms with van der Waals surface area (Å²) in [5, 5.41) is 69.2. The number of amides is 14. The SMILES string of the molecule is CC(C)C[C@H](N)C(=O)N[C@@H](Cc1ccc(O)cc1)C(=O)N[C@@H](CCCN=C(N)N)C(=O)N[C@@H](C)C(=O)NCC(=O)NCC(=O)NCC(=O)NCC(=O)N[C@@H](C)C(=O)N[C@@H](CCCN=C(N)N)C(=O)N[C@@H](C)C(=O)N[C@@H](CCC(=O)O)C(=O)N[C@@H](Cc1ccc(O)cc1)C(=O)N[C@@H](CO)C(N)=O. The average molecular weight is 1430 g/mol. The van der Waals surface area contributed by atoms with Crippen molar-refractivity contribution < 1.29 is 92.3 Å². The molecule has 0 spiro atoms. The number of benzene rings is 2. The molecular weight excluding hydrogens is 1330 g/mol. The molecule has 0 aliphatic heterocycles. The highest BCUT2D eigenvalue weighted by Crippen LogP contribution is 2.15. The van der Waals surface area contributed by atoms with Crippen LogP contribution in [0.5, 0.6) is 11.5 Å². The fourth-order valence-electron chi connectivity index (χ4n) is 8.91. The molecule has 558 valence electrons. The van der Waals surface area contributed by atoms with E-state index in [0.717, 1.165) is 0 Å². The zero-order chi connectivity index (χ0) is 76.1. The van der Waals surface area contributed by atoms with Crippen molar-refractivity contribution >= 4 is 101 Å². The Labute approximate surface area is 580 Å². The quantitative estimate of drug-likeness (QED) is 0.0166. The summed E-state index contributed by atoms with van der Waals surface area (Å²) in [6.45, 7) is 3.68. The van der Waals surface area contributed by atoms with Crippen LogP contribution in [0.25, 0.3) is 0 Å². The van der Waals surface area contributed by atoms with Gasteiger partial charge in [-0.15, -0.1) is 0 Å². The molecule has 101 heavy (non-hydrogen) atoms. The lowest BCUT2D eigenvalue weighted by Crippen LogP contribution is -2.59. The molecule has 0 aromatic heterocycles. The molecule has 10 atom stereocenters. The van der Waals surface area contributed by atoms with Gasteiger partial charge < -0.3 is 124 Å². The number of nitrogens with zero attached hydrogens (tertiary/aromatic N) is 2. The number of nitrogens with two attached hydrogens (primary N) is 6. The second-order valence-electron chi connectivity index (χ2n) is 23.6. The minimum Gasteiger partial charge on any atom is -0.508 e. The van der Waals surface area contributed by atoms with Gasteiger partial charge in [-0.25, -0.2) is 0 Å². The van der Waals surface area contributed by atoms with Crippen LogP contribution >= 0.6 is 0 Å². The molecule has 0 saturated carbocycles. The number of primary amides is 1. The van der Waals surface area contributed by atoms with Gasteiger partial charge in [0.1, 0.15) is 65.9 Å². The Morgan fingerprint density at radius 3 is 1.14 bits per heavy atom. The largest absolute Gasteiger partial charge is 0.508 e. The van der Waals surface area contributed by atoms with Gasteiger partial charge in [0.2, 0.25) is 82.7 Å². The van der Waals surface area contributed by atoms with E-state index in [-0.39, 0.29) is 81.0 Å². The monoisotopic (exact) mass is 1430 g/mol. The van der Waals surface area contributed by atoms with Crippen molar-refractivity contribution in [2.45, 2.75) is 153 Å². The number of aliphatic carboxylic acids is 1. The second-order valence-corrected chi connectivity index (χ2v) is 23.6. The number of phenols is 2. The van der Waals surface area contributed by atoms with E-state index >= 15 is 0 Å². The third-order valence-electron chi connectivity index (χ3n) is 14.4. The standard InChI is InChI=1S/C61H95N21O19/c1-30(2)22-38(62)54(96)80-42(23-34-10-14-36(84)15-11-34)58(100)79-40(9-7-21-69-61(66)67)56(98)75-31(3)51(93)73-27-47(88)71-25-45(86)70-26-46(87)72-28-48(89)74-32(4)52(94)77-39(8-6-20-68-60(64)65)55(97)76-33(5)53(95)78-41(18-19-49(90)91)57(99)81-43(24-35-12-16-37(85)17-13-35)59(101)82-44(29-83)50(63)92/h10-17,30-33,38-44,83-85H,6-9,18-29,62H2,1-5H3,(H2,63,92)(H,70,86)(H,71,88)(H,72,87)(H,73,93)(H,74,89)(H,75,98)(H,76,97)(H,77,94)(H,78,95)(H,79,100)(H,80,96)(H,81,99)(H,82,101)(H,90,91)(H4,64,65,68)(H4,66,67,69)/t31-,32-,33-,38-,39-,40-,41-,42-,43-,44-/m0/s1. The molecule has 29 N–H and O–H groups in total. The highest BCUT2D eigenvalue weighted by Gasteiger charge is 2.34. The van der Waals surface area contributed by atoms with Crippen LogP contribution in [-0.2, 0) is 84.8 Å². The highest BCUT2D eigenvalue weighted by atomic mass is 16.4. The number of guanidine groups is 2.